The van der Waals surface area contributed by atoms with Crippen molar-refractivity contribution < 1.29 is 9.26 Å². The summed E-state index contributed by atoms with van der Waals surface area (Å²) in [4.78, 5) is 4.40. The maximum atomic E-state index is 5.86. The van der Waals surface area contributed by atoms with Gasteiger partial charge in [0.15, 0.2) is 5.82 Å². The maximum Gasteiger partial charge on any atom is 0.258 e. The second kappa shape index (κ2) is 5.40. The first-order valence-electron chi connectivity index (χ1n) is 6.23. The van der Waals surface area contributed by atoms with Gasteiger partial charge in [-0.2, -0.15) is 4.98 Å². The number of aryl methyl sites for hydroxylation is 1. The first-order valence-corrected chi connectivity index (χ1v) is 6.23. The molecule has 0 saturated carbocycles. The first kappa shape index (κ1) is 13.5. The lowest BCUT2D eigenvalue weighted by molar-refractivity contribution is 0.116. The van der Waals surface area contributed by atoms with Crippen molar-refractivity contribution in [1.29, 1.82) is 0 Å². The van der Waals surface area contributed by atoms with Gasteiger partial charge in [0.05, 0.1) is 6.10 Å². The number of hydrogen-bond acceptors (Lipinski definition) is 5. The van der Waals surface area contributed by atoms with Crippen molar-refractivity contribution >= 4 is 5.69 Å². The van der Waals surface area contributed by atoms with Gasteiger partial charge in [0.2, 0.25) is 0 Å². The van der Waals surface area contributed by atoms with Gasteiger partial charge in [-0.15, -0.1) is 0 Å². The molecule has 0 aliphatic rings. The topological polar surface area (TPSA) is 74.2 Å². The molecule has 0 bridgehead atoms. The molecule has 0 amide bonds. The zero-order valence-corrected chi connectivity index (χ0v) is 11.7. The molecule has 5 nitrogen and oxygen atoms in total. The average Bonchev–Trinajstić information content (AvgIpc) is 2.81. The first-order chi connectivity index (χ1) is 9.01. The van der Waals surface area contributed by atoms with E-state index in [4.69, 9.17) is 15.0 Å². The Bertz CT molecular complexity index is 578. The SMILES string of the molecule is COC(C)Cc1noc(-c2cc(N)cc(C)c2C)n1. The Morgan fingerprint density at radius 3 is 2.79 bits per heavy atom. The van der Waals surface area contributed by atoms with E-state index in [9.17, 15) is 0 Å². The molecule has 0 aliphatic carbocycles. The summed E-state index contributed by atoms with van der Waals surface area (Å²) < 4.78 is 10.5. The Hall–Kier alpha value is -1.88. The average molecular weight is 261 g/mol. The molecule has 2 N–H and O–H groups in total. The summed E-state index contributed by atoms with van der Waals surface area (Å²) in [7, 11) is 1.66. The van der Waals surface area contributed by atoms with Crippen molar-refractivity contribution in [2.24, 2.45) is 0 Å². The van der Waals surface area contributed by atoms with E-state index in [1.54, 1.807) is 7.11 Å². The van der Waals surface area contributed by atoms with Crippen molar-refractivity contribution in [3.05, 3.63) is 29.1 Å². The normalized spacial score (nSPS) is 12.6. The molecule has 0 saturated heterocycles. The van der Waals surface area contributed by atoms with Gasteiger partial charge in [-0.1, -0.05) is 5.16 Å². The van der Waals surface area contributed by atoms with E-state index in [2.05, 4.69) is 10.1 Å². The number of aromatic nitrogens is 2. The summed E-state index contributed by atoms with van der Waals surface area (Å²) in [6.07, 6.45) is 0.689. The highest BCUT2D eigenvalue weighted by molar-refractivity contribution is 5.66. The molecule has 5 heteroatoms. The number of nitrogen functional groups attached to an aromatic ring is 1. The lowest BCUT2D eigenvalue weighted by atomic mass is 10.0. The van der Waals surface area contributed by atoms with Crippen LogP contribution in [-0.4, -0.2) is 23.4 Å². The third-order valence-corrected chi connectivity index (χ3v) is 3.26. The molecule has 0 aliphatic heterocycles. The van der Waals surface area contributed by atoms with Crippen LogP contribution < -0.4 is 5.73 Å². The van der Waals surface area contributed by atoms with E-state index < -0.39 is 0 Å². The van der Waals surface area contributed by atoms with Gasteiger partial charge in [0.25, 0.3) is 5.89 Å². The monoisotopic (exact) mass is 261 g/mol. The molecule has 1 aromatic heterocycles. The molecular weight excluding hydrogens is 242 g/mol. The van der Waals surface area contributed by atoms with Crippen LogP contribution in [0.25, 0.3) is 11.5 Å². The van der Waals surface area contributed by atoms with Gasteiger partial charge in [-0.25, -0.2) is 0 Å². The highest BCUT2D eigenvalue weighted by atomic mass is 16.5. The third kappa shape index (κ3) is 2.93. The molecule has 2 rings (SSSR count). The van der Waals surface area contributed by atoms with E-state index in [1.807, 2.05) is 32.9 Å². The van der Waals surface area contributed by atoms with Crippen LogP contribution >= 0.6 is 0 Å². The zero-order valence-electron chi connectivity index (χ0n) is 11.7. The predicted molar refractivity (Wildman–Crippen MR) is 73.8 cm³/mol. The molecular formula is C14H19N3O2. The molecule has 1 unspecified atom stereocenters. The number of benzene rings is 1. The number of ether oxygens (including phenoxy) is 1. The molecule has 102 valence electrons. The molecule has 0 radical (unpaired) electrons. The zero-order chi connectivity index (χ0) is 14.0. The standard InChI is InChI=1S/C14H19N3O2/c1-8-5-11(15)7-12(10(8)3)14-16-13(17-19-14)6-9(2)18-4/h5,7,9H,6,15H2,1-4H3. The van der Waals surface area contributed by atoms with E-state index in [0.717, 1.165) is 16.7 Å². The van der Waals surface area contributed by atoms with Crippen molar-refractivity contribution in [2.45, 2.75) is 33.3 Å². The maximum absolute atomic E-state index is 5.86. The third-order valence-electron chi connectivity index (χ3n) is 3.26. The Balaban J connectivity index is 2.33. The Morgan fingerprint density at radius 2 is 2.11 bits per heavy atom. The van der Waals surface area contributed by atoms with Crippen molar-refractivity contribution in [2.75, 3.05) is 12.8 Å². The van der Waals surface area contributed by atoms with Crippen molar-refractivity contribution in [3.63, 3.8) is 0 Å². The summed E-state index contributed by atoms with van der Waals surface area (Å²) in [6.45, 7) is 6.00. The predicted octanol–water partition coefficient (Wildman–Crippen LogP) is 2.51. The Kier molecular flexibility index (Phi) is 3.85. The highest BCUT2D eigenvalue weighted by Gasteiger charge is 2.14. The fraction of sp³-hybridized carbons (Fsp3) is 0.429. The van der Waals surface area contributed by atoms with Crippen LogP contribution in [0, 0.1) is 13.8 Å². The molecule has 2 aromatic rings. The van der Waals surface area contributed by atoms with Gasteiger partial charge >= 0.3 is 0 Å². The van der Waals surface area contributed by atoms with Gasteiger partial charge in [-0.05, 0) is 44.0 Å². The quantitative estimate of drug-likeness (QED) is 0.856. The fourth-order valence-electron chi connectivity index (χ4n) is 1.90. The van der Waals surface area contributed by atoms with Gasteiger partial charge in [0.1, 0.15) is 0 Å². The van der Waals surface area contributed by atoms with E-state index >= 15 is 0 Å². The second-order valence-corrected chi connectivity index (χ2v) is 4.78. The van der Waals surface area contributed by atoms with Gasteiger partial charge in [0, 0.05) is 24.8 Å². The molecule has 19 heavy (non-hydrogen) atoms. The number of hydrogen-bond donors (Lipinski definition) is 1. The minimum absolute atomic E-state index is 0.0640. The molecule has 0 fully saturated rings. The van der Waals surface area contributed by atoms with E-state index in [0.29, 0.717) is 23.8 Å². The van der Waals surface area contributed by atoms with Crippen LogP contribution in [-0.2, 0) is 11.2 Å². The molecule has 1 heterocycles. The summed E-state index contributed by atoms with van der Waals surface area (Å²) in [5.41, 5.74) is 9.66. The minimum atomic E-state index is 0.0640. The fourth-order valence-corrected chi connectivity index (χ4v) is 1.90. The Labute approximate surface area is 112 Å². The van der Waals surface area contributed by atoms with Crippen LogP contribution in [0.5, 0.6) is 0 Å². The van der Waals surface area contributed by atoms with Crippen LogP contribution in [0.15, 0.2) is 16.7 Å². The van der Waals surface area contributed by atoms with Gasteiger partial charge < -0.3 is 15.0 Å². The lowest BCUT2D eigenvalue weighted by Crippen LogP contribution is -2.09. The summed E-state index contributed by atoms with van der Waals surface area (Å²) >= 11 is 0. The number of methoxy groups -OCH3 is 1. The molecule has 1 aromatic carbocycles. The minimum Gasteiger partial charge on any atom is -0.399 e. The van der Waals surface area contributed by atoms with Gasteiger partial charge in [-0.3, -0.25) is 0 Å². The number of anilines is 1. The molecule has 1 atom stereocenters. The molecule has 0 spiro atoms. The van der Waals surface area contributed by atoms with E-state index in [-0.39, 0.29) is 6.10 Å². The van der Waals surface area contributed by atoms with Crippen LogP contribution in [0.3, 0.4) is 0 Å². The largest absolute Gasteiger partial charge is 0.399 e. The summed E-state index contributed by atoms with van der Waals surface area (Å²) in [5, 5.41) is 3.97. The van der Waals surface area contributed by atoms with Crippen molar-refractivity contribution in [3.8, 4) is 11.5 Å². The number of rotatable bonds is 4. The highest BCUT2D eigenvalue weighted by Crippen LogP contribution is 2.27. The Morgan fingerprint density at radius 1 is 1.37 bits per heavy atom. The smallest absolute Gasteiger partial charge is 0.258 e. The van der Waals surface area contributed by atoms with E-state index in [1.165, 1.54) is 0 Å². The summed E-state index contributed by atoms with van der Waals surface area (Å²) in [6, 6.07) is 3.79. The van der Waals surface area contributed by atoms with Crippen LogP contribution in [0.4, 0.5) is 5.69 Å². The lowest BCUT2D eigenvalue weighted by Gasteiger charge is -2.06. The second-order valence-electron chi connectivity index (χ2n) is 4.78. The summed E-state index contributed by atoms with van der Waals surface area (Å²) in [5.74, 6) is 1.15. The van der Waals surface area contributed by atoms with Crippen LogP contribution in [0.1, 0.15) is 23.9 Å². The number of nitrogens with two attached hydrogens (primary N) is 1. The van der Waals surface area contributed by atoms with Crippen molar-refractivity contribution in [1.82, 2.24) is 10.1 Å². The van der Waals surface area contributed by atoms with Crippen LogP contribution in [0.2, 0.25) is 0 Å². The number of nitrogens with zero attached hydrogens (tertiary/aromatic N) is 2.